The van der Waals surface area contributed by atoms with Crippen LogP contribution >= 0.6 is 11.3 Å². The van der Waals surface area contributed by atoms with Crippen LogP contribution in [0.25, 0.3) is 0 Å². The third-order valence-corrected chi connectivity index (χ3v) is 8.17. The molecule has 0 bridgehead atoms. The maximum Gasteiger partial charge on any atom is 0.350 e. The van der Waals surface area contributed by atoms with E-state index in [1.807, 2.05) is 6.92 Å². The number of anilines is 1. The lowest BCUT2D eigenvalue weighted by Gasteiger charge is -2.34. The van der Waals surface area contributed by atoms with Gasteiger partial charge in [-0.1, -0.05) is 24.7 Å². The number of carbonyl (C=O) groups excluding carboxylic acids is 2. The van der Waals surface area contributed by atoms with Gasteiger partial charge in [0.25, 0.3) is 5.91 Å². The molecule has 0 spiro atoms. The summed E-state index contributed by atoms with van der Waals surface area (Å²) in [6.45, 7) is 4.18. The van der Waals surface area contributed by atoms with E-state index in [0.29, 0.717) is 22.7 Å². The van der Waals surface area contributed by atoms with Gasteiger partial charge in [0, 0.05) is 18.2 Å². The molecule has 1 fully saturated rings. The van der Waals surface area contributed by atoms with Crippen LogP contribution in [0.1, 0.15) is 58.3 Å². The number of aryl methyl sites for hydroxylation is 1. The van der Waals surface area contributed by atoms with E-state index in [2.05, 4.69) is 15.0 Å². The Morgan fingerprint density at radius 3 is 2.60 bits per heavy atom. The van der Waals surface area contributed by atoms with E-state index in [9.17, 15) is 18.0 Å². The number of sulfonamides is 1. The summed E-state index contributed by atoms with van der Waals surface area (Å²) in [4.78, 5) is 28.9. The summed E-state index contributed by atoms with van der Waals surface area (Å²) in [6.07, 6.45) is 3.55. The number of aromatic nitrogens is 1. The van der Waals surface area contributed by atoms with Crippen LogP contribution in [0.5, 0.6) is 0 Å². The molecule has 2 aromatic rings. The second-order valence-corrected chi connectivity index (χ2v) is 9.97. The van der Waals surface area contributed by atoms with Crippen LogP contribution < -0.4 is 5.32 Å². The molecule has 1 aliphatic heterocycles. The predicted octanol–water partition coefficient (Wildman–Crippen LogP) is 3.44. The van der Waals surface area contributed by atoms with E-state index in [-0.39, 0.29) is 16.1 Å². The highest BCUT2D eigenvalue weighted by atomic mass is 32.2. The molecule has 162 valence electrons. The van der Waals surface area contributed by atoms with Crippen molar-refractivity contribution in [1.29, 1.82) is 0 Å². The Labute approximate surface area is 180 Å². The molecule has 10 heteroatoms. The lowest BCUT2D eigenvalue weighted by atomic mass is 10.0. The quantitative estimate of drug-likeness (QED) is 0.675. The molecular weight excluding hydrogens is 426 g/mol. The van der Waals surface area contributed by atoms with Crippen molar-refractivity contribution in [1.82, 2.24) is 9.29 Å². The Balaban J connectivity index is 1.75. The molecule has 1 saturated heterocycles. The second kappa shape index (κ2) is 9.23. The average molecular weight is 452 g/mol. The third kappa shape index (κ3) is 4.55. The molecule has 2 heterocycles. The van der Waals surface area contributed by atoms with E-state index < -0.39 is 21.9 Å². The number of benzene rings is 1. The summed E-state index contributed by atoms with van der Waals surface area (Å²) < 4.78 is 32.3. The van der Waals surface area contributed by atoms with Crippen LogP contribution in [-0.4, -0.2) is 49.3 Å². The molecule has 30 heavy (non-hydrogen) atoms. The highest BCUT2D eigenvalue weighted by Crippen LogP contribution is 2.28. The highest BCUT2D eigenvalue weighted by molar-refractivity contribution is 7.89. The van der Waals surface area contributed by atoms with Gasteiger partial charge < -0.3 is 4.74 Å². The Morgan fingerprint density at radius 1 is 1.27 bits per heavy atom. The normalized spacial score (nSPS) is 17.5. The van der Waals surface area contributed by atoms with E-state index in [1.165, 1.54) is 31.4 Å². The molecule has 3 rings (SSSR count). The van der Waals surface area contributed by atoms with E-state index in [4.69, 9.17) is 0 Å². The van der Waals surface area contributed by atoms with Gasteiger partial charge in [0.05, 0.1) is 17.7 Å². The van der Waals surface area contributed by atoms with Gasteiger partial charge in [0.1, 0.15) is 4.88 Å². The van der Waals surface area contributed by atoms with Crippen molar-refractivity contribution in [3.05, 3.63) is 40.4 Å². The lowest BCUT2D eigenvalue weighted by Crippen LogP contribution is -2.43. The molecule has 8 nitrogen and oxygen atoms in total. The molecule has 1 amide bonds. The Kier molecular flexibility index (Phi) is 6.89. The average Bonchev–Trinajstić information content (AvgIpc) is 3.13. The van der Waals surface area contributed by atoms with Crippen molar-refractivity contribution >= 4 is 38.4 Å². The lowest BCUT2D eigenvalue weighted by molar-refractivity contribution is 0.0605. The molecule has 1 atom stereocenters. The smallest absolute Gasteiger partial charge is 0.350 e. The van der Waals surface area contributed by atoms with Crippen LogP contribution in [0.2, 0.25) is 0 Å². The van der Waals surface area contributed by atoms with E-state index in [0.717, 1.165) is 37.0 Å². The minimum absolute atomic E-state index is 0.0175. The van der Waals surface area contributed by atoms with E-state index >= 15 is 0 Å². The molecule has 1 aromatic carbocycles. The number of rotatable bonds is 6. The maximum atomic E-state index is 13.0. The molecule has 0 aliphatic carbocycles. The Morgan fingerprint density at radius 2 is 1.97 bits per heavy atom. The first-order chi connectivity index (χ1) is 14.3. The van der Waals surface area contributed by atoms with Gasteiger partial charge in [-0.2, -0.15) is 4.31 Å². The fourth-order valence-corrected chi connectivity index (χ4v) is 6.16. The number of nitrogens with zero attached hydrogens (tertiary/aromatic N) is 2. The first-order valence-corrected chi connectivity index (χ1v) is 12.0. The van der Waals surface area contributed by atoms with Crippen molar-refractivity contribution in [2.45, 2.75) is 50.5 Å². The Bertz CT molecular complexity index is 1030. The molecule has 1 aliphatic rings. The summed E-state index contributed by atoms with van der Waals surface area (Å²) >= 11 is 1.02. The minimum Gasteiger partial charge on any atom is -0.465 e. The maximum absolute atomic E-state index is 13.0. The van der Waals surface area contributed by atoms with Gasteiger partial charge in [-0.25, -0.2) is 18.2 Å². The first kappa shape index (κ1) is 22.4. The van der Waals surface area contributed by atoms with Crippen LogP contribution in [0.3, 0.4) is 0 Å². The number of hydrogen-bond acceptors (Lipinski definition) is 7. The van der Waals surface area contributed by atoms with Crippen LogP contribution in [-0.2, 0) is 14.8 Å². The van der Waals surface area contributed by atoms with Gasteiger partial charge in [-0.3, -0.25) is 10.1 Å². The van der Waals surface area contributed by atoms with Gasteiger partial charge in [-0.05, 0) is 50.5 Å². The van der Waals surface area contributed by atoms with Crippen molar-refractivity contribution in [2.24, 2.45) is 0 Å². The van der Waals surface area contributed by atoms with Crippen LogP contribution in [0.15, 0.2) is 29.2 Å². The first-order valence-electron chi connectivity index (χ1n) is 9.77. The highest BCUT2D eigenvalue weighted by Gasteiger charge is 2.32. The summed E-state index contributed by atoms with van der Waals surface area (Å²) in [5.41, 5.74) is 0.766. The van der Waals surface area contributed by atoms with Crippen molar-refractivity contribution < 1.29 is 22.7 Å². The fourth-order valence-electron chi connectivity index (χ4n) is 3.51. The number of nitrogens with one attached hydrogen (secondary N) is 1. The number of hydrogen-bond donors (Lipinski definition) is 1. The standard InChI is InChI=1S/C20H25N3O5S2/c1-4-15-7-5-6-12-23(15)30(26,27)16-10-8-14(9-11-16)18(24)22-20-21-13(2)17(29-20)19(25)28-3/h8-11,15H,4-7,12H2,1-3H3,(H,21,22,24). The monoisotopic (exact) mass is 451 g/mol. The minimum atomic E-state index is -3.60. The molecule has 0 radical (unpaired) electrons. The molecule has 0 saturated carbocycles. The van der Waals surface area contributed by atoms with Crippen molar-refractivity contribution in [2.75, 3.05) is 19.0 Å². The number of methoxy groups -OCH3 is 1. The zero-order valence-electron chi connectivity index (χ0n) is 17.2. The van der Waals surface area contributed by atoms with Gasteiger partial charge in [0.15, 0.2) is 5.13 Å². The number of amides is 1. The van der Waals surface area contributed by atoms with Crippen molar-refractivity contribution in [3.63, 3.8) is 0 Å². The van der Waals surface area contributed by atoms with Gasteiger partial charge in [-0.15, -0.1) is 0 Å². The summed E-state index contributed by atoms with van der Waals surface area (Å²) in [7, 11) is -2.32. The summed E-state index contributed by atoms with van der Waals surface area (Å²) in [5, 5.41) is 2.91. The topological polar surface area (TPSA) is 106 Å². The second-order valence-electron chi connectivity index (χ2n) is 7.08. The van der Waals surface area contributed by atoms with Gasteiger partial charge >= 0.3 is 5.97 Å². The summed E-state index contributed by atoms with van der Waals surface area (Å²) in [5.74, 6) is -0.948. The fraction of sp³-hybridized carbons (Fsp3) is 0.450. The van der Waals surface area contributed by atoms with Crippen molar-refractivity contribution in [3.8, 4) is 0 Å². The third-order valence-electron chi connectivity index (χ3n) is 5.16. The summed E-state index contributed by atoms with van der Waals surface area (Å²) in [6, 6.07) is 5.89. The number of carbonyl (C=O) groups is 2. The molecular formula is C20H25N3O5S2. The molecule has 1 N–H and O–H groups in total. The number of piperidine rings is 1. The zero-order valence-corrected chi connectivity index (χ0v) is 18.8. The number of ether oxygens (including phenoxy) is 1. The van der Waals surface area contributed by atoms with Crippen LogP contribution in [0.4, 0.5) is 5.13 Å². The number of esters is 1. The molecule has 1 aromatic heterocycles. The number of thiazole rings is 1. The van der Waals surface area contributed by atoms with Gasteiger partial charge in [0.2, 0.25) is 10.0 Å². The van der Waals surface area contributed by atoms with E-state index in [1.54, 1.807) is 11.2 Å². The Hall–Kier alpha value is -2.30. The SMILES string of the molecule is CCC1CCCCN1S(=O)(=O)c1ccc(C(=O)Nc2nc(C)c(C(=O)OC)s2)cc1. The van der Waals surface area contributed by atoms with Crippen LogP contribution in [0, 0.1) is 6.92 Å². The zero-order chi connectivity index (χ0) is 21.9. The largest absolute Gasteiger partial charge is 0.465 e. The molecule has 1 unspecified atom stereocenters. The predicted molar refractivity (Wildman–Crippen MR) is 114 cm³/mol.